The topological polar surface area (TPSA) is 67.7 Å². The standard InChI is InChI=1S/C19H18N6/c1-25-16-10-6-5-9-15(16)22-19(25)24-18-20-12-11-17(23-18)21-13-14-7-3-2-4-8-14/h2-12H,13H2,1H3,(H2,20,21,22,23,24). The molecular formula is C19H18N6. The maximum absolute atomic E-state index is 4.58. The molecule has 0 atom stereocenters. The third kappa shape index (κ3) is 3.28. The van der Waals surface area contributed by atoms with Gasteiger partial charge in [0.25, 0.3) is 0 Å². The van der Waals surface area contributed by atoms with E-state index in [0.29, 0.717) is 18.4 Å². The largest absolute Gasteiger partial charge is 0.366 e. The average Bonchev–Trinajstić information content (AvgIpc) is 2.97. The van der Waals surface area contributed by atoms with Crippen LogP contribution in [0.4, 0.5) is 17.7 Å². The summed E-state index contributed by atoms with van der Waals surface area (Å²) < 4.78 is 1.99. The van der Waals surface area contributed by atoms with Crippen LogP contribution >= 0.6 is 0 Å². The zero-order valence-corrected chi connectivity index (χ0v) is 13.8. The van der Waals surface area contributed by atoms with Crippen molar-refractivity contribution in [1.82, 2.24) is 19.5 Å². The summed E-state index contributed by atoms with van der Waals surface area (Å²) in [6.45, 7) is 0.712. The molecule has 0 aliphatic carbocycles. The molecular weight excluding hydrogens is 312 g/mol. The summed E-state index contributed by atoms with van der Waals surface area (Å²) in [5.41, 5.74) is 3.19. The van der Waals surface area contributed by atoms with E-state index in [1.807, 2.05) is 60.1 Å². The molecule has 6 nitrogen and oxygen atoms in total. The molecule has 2 heterocycles. The monoisotopic (exact) mass is 330 g/mol. The van der Waals surface area contributed by atoms with Crippen LogP contribution in [0.1, 0.15) is 5.56 Å². The highest BCUT2D eigenvalue weighted by Gasteiger charge is 2.08. The van der Waals surface area contributed by atoms with Crippen molar-refractivity contribution in [2.24, 2.45) is 7.05 Å². The van der Waals surface area contributed by atoms with E-state index >= 15 is 0 Å². The molecule has 6 heteroatoms. The minimum atomic E-state index is 0.511. The predicted octanol–water partition coefficient (Wildman–Crippen LogP) is 3.72. The first-order chi connectivity index (χ1) is 12.3. The quantitative estimate of drug-likeness (QED) is 0.584. The van der Waals surface area contributed by atoms with Gasteiger partial charge in [0.1, 0.15) is 5.82 Å². The van der Waals surface area contributed by atoms with Crippen molar-refractivity contribution in [3.8, 4) is 0 Å². The first-order valence-electron chi connectivity index (χ1n) is 8.09. The van der Waals surface area contributed by atoms with Crippen LogP contribution in [0.2, 0.25) is 0 Å². The molecule has 2 N–H and O–H groups in total. The summed E-state index contributed by atoms with van der Waals surface area (Å²) in [4.78, 5) is 13.4. The maximum atomic E-state index is 4.58. The molecule has 0 radical (unpaired) electrons. The molecule has 124 valence electrons. The Balaban J connectivity index is 1.52. The van der Waals surface area contributed by atoms with Crippen molar-refractivity contribution in [2.45, 2.75) is 6.54 Å². The van der Waals surface area contributed by atoms with Gasteiger partial charge in [-0.1, -0.05) is 42.5 Å². The lowest BCUT2D eigenvalue weighted by Crippen LogP contribution is -2.06. The number of nitrogens with zero attached hydrogens (tertiary/aromatic N) is 4. The molecule has 0 amide bonds. The predicted molar refractivity (Wildman–Crippen MR) is 99.8 cm³/mol. The van der Waals surface area contributed by atoms with E-state index in [1.54, 1.807) is 6.20 Å². The second-order valence-corrected chi connectivity index (χ2v) is 5.71. The minimum absolute atomic E-state index is 0.511. The van der Waals surface area contributed by atoms with Crippen LogP contribution in [0.3, 0.4) is 0 Å². The second-order valence-electron chi connectivity index (χ2n) is 5.71. The highest BCUT2D eigenvalue weighted by Crippen LogP contribution is 2.20. The fourth-order valence-electron chi connectivity index (χ4n) is 2.66. The van der Waals surface area contributed by atoms with Crippen LogP contribution < -0.4 is 10.6 Å². The Hall–Kier alpha value is -3.41. The number of rotatable bonds is 5. The Labute approximate surface area is 145 Å². The average molecular weight is 330 g/mol. The van der Waals surface area contributed by atoms with Crippen molar-refractivity contribution in [1.29, 1.82) is 0 Å². The number of para-hydroxylation sites is 2. The summed E-state index contributed by atoms with van der Waals surface area (Å²) in [7, 11) is 1.97. The smallest absolute Gasteiger partial charge is 0.231 e. The highest BCUT2D eigenvalue weighted by atomic mass is 15.3. The van der Waals surface area contributed by atoms with Crippen LogP contribution in [0.25, 0.3) is 11.0 Å². The molecule has 0 saturated carbocycles. The van der Waals surface area contributed by atoms with Crippen molar-refractivity contribution < 1.29 is 0 Å². The number of aryl methyl sites for hydroxylation is 1. The van der Waals surface area contributed by atoms with Crippen molar-refractivity contribution in [3.05, 3.63) is 72.4 Å². The molecule has 0 bridgehead atoms. The number of nitrogens with one attached hydrogen (secondary N) is 2. The summed E-state index contributed by atoms with van der Waals surface area (Å²) in [5.74, 6) is 1.98. The zero-order valence-electron chi connectivity index (χ0n) is 13.8. The molecule has 4 rings (SSSR count). The maximum Gasteiger partial charge on any atom is 0.231 e. The van der Waals surface area contributed by atoms with Gasteiger partial charge in [-0.15, -0.1) is 0 Å². The number of fused-ring (bicyclic) bond motifs is 1. The van der Waals surface area contributed by atoms with Crippen LogP contribution in [0.15, 0.2) is 66.9 Å². The van der Waals surface area contributed by atoms with Gasteiger partial charge in [0.05, 0.1) is 11.0 Å². The number of aromatic nitrogens is 4. The normalized spacial score (nSPS) is 10.8. The van der Waals surface area contributed by atoms with Gasteiger partial charge in [-0.05, 0) is 23.8 Å². The van der Waals surface area contributed by atoms with Crippen molar-refractivity contribution >= 4 is 28.7 Å². The number of benzene rings is 2. The summed E-state index contributed by atoms with van der Waals surface area (Å²) in [6.07, 6.45) is 1.73. The van der Waals surface area contributed by atoms with Crippen LogP contribution in [-0.2, 0) is 13.6 Å². The fourth-order valence-corrected chi connectivity index (χ4v) is 2.66. The SMILES string of the molecule is Cn1c(Nc2nccc(NCc3ccccc3)n2)nc2ccccc21. The lowest BCUT2D eigenvalue weighted by Gasteiger charge is -2.08. The number of hydrogen-bond donors (Lipinski definition) is 2. The lowest BCUT2D eigenvalue weighted by atomic mass is 10.2. The molecule has 0 fully saturated rings. The molecule has 4 aromatic rings. The van der Waals surface area contributed by atoms with Gasteiger partial charge in [-0.3, -0.25) is 5.32 Å². The van der Waals surface area contributed by atoms with Gasteiger partial charge in [0.2, 0.25) is 11.9 Å². The molecule has 0 aliphatic rings. The van der Waals surface area contributed by atoms with Crippen molar-refractivity contribution in [2.75, 3.05) is 10.6 Å². The summed E-state index contributed by atoms with van der Waals surface area (Å²) in [5, 5.41) is 6.50. The molecule has 0 aliphatic heterocycles. The first-order valence-corrected chi connectivity index (χ1v) is 8.09. The lowest BCUT2D eigenvalue weighted by molar-refractivity contribution is 0.949. The Kier molecular flexibility index (Phi) is 4.00. The number of anilines is 3. The fraction of sp³-hybridized carbons (Fsp3) is 0.105. The molecule has 0 spiro atoms. The molecule has 2 aromatic carbocycles. The van der Waals surface area contributed by atoms with Gasteiger partial charge in [0.15, 0.2) is 0 Å². The van der Waals surface area contributed by atoms with Gasteiger partial charge >= 0.3 is 0 Å². The van der Waals surface area contributed by atoms with Crippen LogP contribution in [-0.4, -0.2) is 19.5 Å². The van der Waals surface area contributed by atoms with Gasteiger partial charge in [-0.2, -0.15) is 4.98 Å². The van der Waals surface area contributed by atoms with Gasteiger partial charge < -0.3 is 9.88 Å². The summed E-state index contributed by atoms with van der Waals surface area (Å²) >= 11 is 0. The summed E-state index contributed by atoms with van der Waals surface area (Å²) in [6, 6.07) is 20.1. The second kappa shape index (κ2) is 6.60. The number of imidazole rings is 1. The van der Waals surface area contributed by atoms with E-state index in [9.17, 15) is 0 Å². The third-order valence-electron chi connectivity index (χ3n) is 3.98. The first kappa shape index (κ1) is 15.1. The highest BCUT2D eigenvalue weighted by molar-refractivity contribution is 5.79. The Morgan fingerprint density at radius 2 is 1.72 bits per heavy atom. The third-order valence-corrected chi connectivity index (χ3v) is 3.98. The minimum Gasteiger partial charge on any atom is -0.366 e. The Bertz CT molecular complexity index is 993. The molecule has 2 aromatic heterocycles. The Morgan fingerprint density at radius 3 is 2.56 bits per heavy atom. The van der Waals surface area contributed by atoms with E-state index in [2.05, 4.69) is 37.7 Å². The van der Waals surface area contributed by atoms with Gasteiger partial charge in [-0.25, -0.2) is 9.97 Å². The van der Waals surface area contributed by atoms with E-state index in [-0.39, 0.29) is 0 Å². The zero-order chi connectivity index (χ0) is 17.1. The van der Waals surface area contributed by atoms with E-state index in [1.165, 1.54) is 5.56 Å². The number of hydrogen-bond acceptors (Lipinski definition) is 5. The van der Waals surface area contributed by atoms with Crippen LogP contribution in [0.5, 0.6) is 0 Å². The van der Waals surface area contributed by atoms with Gasteiger partial charge in [0, 0.05) is 19.8 Å². The Morgan fingerprint density at radius 1 is 0.920 bits per heavy atom. The van der Waals surface area contributed by atoms with E-state index in [4.69, 9.17) is 0 Å². The van der Waals surface area contributed by atoms with E-state index in [0.717, 1.165) is 16.9 Å². The molecule has 0 unspecified atom stereocenters. The van der Waals surface area contributed by atoms with E-state index < -0.39 is 0 Å². The molecule has 25 heavy (non-hydrogen) atoms. The van der Waals surface area contributed by atoms with Crippen LogP contribution in [0, 0.1) is 0 Å². The molecule has 0 saturated heterocycles. The van der Waals surface area contributed by atoms with Crippen molar-refractivity contribution in [3.63, 3.8) is 0 Å².